The fourth-order valence-corrected chi connectivity index (χ4v) is 3.78. The minimum absolute atomic E-state index is 0.115. The molecule has 0 radical (unpaired) electrons. The lowest BCUT2D eigenvalue weighted by atomic mass is 9.92. The van der Waals surface area contributed by atoms with Crippen molar-refractivity contribution in [1.29, 1.82) is 0 Å². The third kappa shape index (κ3) is 8.20. The fourth-order valence-electron chi connectivity index (χ4n) is 3.67. The SMILES string of the molecule is CO[C@H](C[C@H](CCCCN[C@@H](c1ccc(Cl)cn1)C(C)C)C(=O)O)c1ccc(F)cc1. The first-order chi connectivity index (χ1) is 14.8. The number of carboxylic acids is 1. The molecule has 0 amide bonds. The maximum absolute atomic E-state index is 13.2. The summed E-state index contributed by atoms with van der Waals surface area (Å²) in [4.78, 5) is 16.2. The van der Waals surface area contributed by atoms with Crippen molar-refractivity contribution in [3.8, 4) is 0 Å². The van der Waals surface area contributed by atoms with Crippen molar-refractivity contribution in [2.75, 3.05) is 13.7 Å². The zero-order valence-electron chi connectivity index (χ0n) is 18.4. The summed E-state index contributed by atoms with van der Waals surface area (Å²) in [5, 5.41) is 13.8. The minimum atomic E-state index is -0.831. The number of aromatic nitrogens is 1. The molecular weight excluding hydrogens is 419 g/mol. The van der Waals surface area contributed by atoms with E-state index in [2.05, 4.69) is 24.1 Å². The monoisotopic (exact) mass is 450 g/mol. The van der Waals surface area contributed by atoms with Gasteiger partial charge < -0.3 is 15.2 Å². The van der Waals surface area contributed by atoms with Gasteiger partial charge in [-0.05, 0) is 61.6 Å². The molecule has 1 heterocycles. The summed E-state index contributed by atoms with van der Waals surface area (Å²) in [6.45, 7) is 5.04. The normalized spacial score (nSPS) is 14.4. The quantitative estimate of drug-likeness (QED) is 0.377. The molecular formula is C24H32ClFN2O3. The molecule has 0 spiro atoms. The zero-order chi connectivity index (χ0) is 22.8. The predicted octanol–water partition coefficient (Wildman–Crippen LogP) is 5.81. The van der Waals surface area contributed by atoms with E-state index in [9.17, 15) is 14.3 Å². The Morgan fingerprint density at radius 2 is 1.90 bits per heavy atom. The van der Waals surface area contributed by atoms with Crippen molar-refractivity contribution in [1.82, 2.24) is 10.3 Å². The van der Waals surface area contributed by atoms with Gasteiger partial charge in [0.2, 0.25) is 0 Å². The molecule has 31 heavy (non-hydrogen) atoms. The Morgan fingerprint density at radius 1 is 1.19 bits per heavy atom. The lowest BCUT2D eigenvalue weighted by molar-refractivity contribution is -0.143. The molecule has 7 heteroatoms. The molecule has 0 fully saturated rings. The van der Waals surface area contributed by atoms with Crippen LogP contribution in [-0.4, -0.2) is 29.7 Å². The summed E-state index contributed by atoms with van der Waals surface area (Å²) >= 11 is 5.93. The van der Waals surface area contributed by atoms with Crippen LogP contribution in [0.3, 0.4) is 0 Å². The molecule has 0 aliphatic heterocycles. The third-order valence-corrected chi connectivity index (χ3v) is 5.68. The van der Waals surface area contributed by atoms with Crippen molar-refractivity contribution in [3.63, 3.8) is 0 Å². The number of hydrogen-bond acceptors (Lipinski definition) is 4. The molecule has 1 aromatic heterocycles. The average Bonchev–Trinajstić information content (AvgIpc) is 2.74. The summed E-state index contributed by atoms with van der Waals surface area (Å²) in [7, 11) is 1.55. The lowest BCUT2D eigenvalue weighted by Crippen LogP contribution is -2.27. The number of carboxylic acid groups (broad SMARTS) is 1. The Balaban J connectivity index is 1.84. The van der Waals surface area contributed by atoms with E-state index in [1.165, 1.54) is 12.1 Å². The van der Waals surface area contributed by atoms with Crippen molar-refractivity contribution < 1.29 is 19.0 Å². The molecule has 0 saturated heterocycles. The first kappa shape index (κ1) is 25.2. The summed E-state index contributed by atoms with van der Waals surface area (Å²) < 4.78 is 18.7. The number of aliphatic carboxylic acids is 1. The van der Waals surface area contributed by atoms with E-state index in [1.54, 1.807) is 25.4 Å². The van der Waals surface area contributed by atoms with E-state index in [0.29, 0.717) is 23.8 Å². The van der Waals surface area contributed by atoms with Crippen LogP contribution in [0.15, 0.2) is 42.6 Å². The number of carbonyl (C=O) groups is 1. The van der Waals surface area contributed by atoms with E-state index < -0.39 is 11.9 Å². The Morgan fingerprint density at radius 3 is 2.45 bits per heavy atom. The molecule has 0 saturated carbocycles. The second kappa shape index (κ2) is 12.7. The van der Waals surface area contributed by atoms with Crippen molar-refractivity contribution in [2.45, 2.75) is 51.7 Å². The molecule has 2 aromatic rings. The maximum atomic E-state index is 13.2. The minimum Gasteiger partial charge on any atom is -0.481 e. The summed E-state index contributed by atoms with van der Waals surface area (Å²) in [6, 6.07) is 9.90. The van der Waals surface area contributed by atoms with Crippen LogP contribution < -0.4 is 5.32 Å². The summed E-state index contributed by atoms with van der Waals surface area (Å²) in [6.07, 6.45) is 3.83. The second-order valence-electron chi connectivity index (χ2n) is 8.12. The van der Waals surface area contributed by atoms with Crippen LogP contribution >= 0.6 is 11.6 Å². The van der Waals surface area contributed by atoms with E-state index in [4.69, 9.17) is 16.3 Å². The lowest BCUT2D eigenvalue weighted by Gasteiger charge is -2.23. The standard InChI is InChI=1S/C24H32ClFN2O3/c1-16(2)23(21-12-9-19(25)15-28-21)27-13-5-4-6-18(24(29)30)14-22(31-3)17-7-10-20(26)11-8-17/h7-12,15-16,18,22-23,27H,4-6,13-14H2,1-3H3,(H,29,30)/t18-,22+,23+/m0/s1. The molecule has 3 atom stereocenters. The van der Waals surface area contributed by atoms with Gasteiger partial charge in [0.25, 0.3) is 0 Å². The van der Waals surface area contributed by atoms with Crippen LogP contribution in [0, 0.1) is 17.7 Å². The number of rotatable bonds is 13. The Labute approximate surface area is 189 Å². The van der Waals surface area contributed by atoms with Gasteiger partial charge in [-0.2, -0.15) is 0 Å². The number of ether oxygens (including phenoxy) is 1. The van der Waals surface area contributed by atoms with Gasteiger partial charge in [-0.1, -0.05) is 44.0 Å². The van der Waals surface area contributed by atoms with Crippen LogP contribution in [0.25, 0.3) is 0 Å². The van der Waals surface area contributed by atoms with Gasteiger partial charge in [-0.15, -0.1) is 0 Å². The van der Waals surface area contributed by atoms with E-state index >= 15 is 0 Å². The van der Waals surface area contributed by atoms with Gasteiger partial charge in [0.15, 0.2) is 0 Å². The highest BCUT2D eigenvalue weighted by Crippen LogP contribution is 2.28. The first-order valence-electron chi connectivity index (χ1n) is 10.7. The van der Waals surface area contributed by atoms with Gasteiger partial charge in [-0.3, -0.25) is 9.78 Å². The topological polar surface area (TPSA) is 71.5 Å². The first-order valence-corrected chi connectivity index (χ1v) is 11.1. The highest BCUT2D eigenvalue weighted by molar-refractivity contribution is 6.30. The average molecular weight is 451 g/mol. The van der Waals surface area contributed by atoms with Gasteiger partial charge >= 0.3 is 5.97 Å². The van der Waals surface area contributed by atoms with Crippen molar-refractivity contribution in [2.24, 2.45) is 11.8 Å². The number of halogens is 2. The largest absolute Gasteiger partial charge is 0.481 e. The second-order valence-corrected chi connectivity index (χ2v) is 8.56. The molecule has 1 aromatic carbocycles. The number of benzene rings is 1. The van der Waals surface area contributed by atoms with Crippen LogP contribution in [0.1, 0.15) is 62.9 Å². The maximum Gasteiger partial charge on any atom is 0.306 e. The number of nitrogens with zero attached hydrogens (tertiary/aromatic N) is 1. The Bertz CT molecular complexity index is 799. The molecule has 5 nitrogen and oxygen atoms in total. The predicted molar refractivity (Wildman–Crippen MR) is 121 cm³/mol. The van der Waals surface area contributed by atoms with Crippen molar-refractivity contribution in [3.05, 3.63) is 64.7 Å². The molecule has 0 aliphatic carbocycles. The van der Waals surface area contributed by atoms with E-state index in [-0.39, 0.29) is 18.0 Å². The molecule has 170 valence electrons. The van der Waals surface area contributed by atoms with Crippen LogP contribution in [0.2, 0.25) is 5.02 Å². The van der Waals surface area contributed by atoms with Gasteiger partial charge in [-0.25, -0.2) is 4.39 Å². The third-order valence-electron chi connectivity index (χ3n) is 5.45. The summed E-state index contributed by atoms with van der Waals surface area (Å²) in [5.74, 6) is -1.32. The van der Waals surface area contributed by atoms with Crippen LogP contribution in [0.5, 0.6) is 0 Å². The Kier molecular flexibility index (Phi) is 10.4. The van der Waals surface area contributed by atoms with Gasteiger partial charge in [0.05, 0.1) is 28.8 Å². The summed E-state index contributed by atoms with van der Waals surface area (Å²) in [5.41, 5.74) is 1.73. The number of methoxy groups -OCH3 is 1. The zero-order valence-corrected chi connectivity index (χ0v) is 19.1. The van der Waals surface area contributed by atoms with E-state index in [0.717, 1.165) is 30.6 Å². The smallest absolute Gasteiger partial charge is 0.306 e. The fraction of sp³-hybridized carbons (Fsp3) is 0.500. The highest BCUT2D eigenvalue weighted by Gasteiger charge is 2.23. The van der Waals surface area contributed by atoms with Gasteiger partial charge in [0.1, 0.15) is 5.82 Å². The molecule has 2 N–H and O–H groups in total. The van der Waals surface area contributed by atoms with Gasteiger partial charge in [0, 0.05) is 13.3 Å². The molecule has 2 rings (SSSR count). The molecule has 0 unspecified atom stereocenters. The number of unbranched alkanes of at least 4 members (excludes halogenated alkanes) is 1. The van der Waals surface area contributed by atoms with Crippen LogP contribution in [-0.2, 0) is 9.53 Å². The highest BCUT2D eigenvalue weighted by atomic mass is 35.5. The Hall–Kier alpha value is -2.02. The molecule has 0 aliphatic rings. The number of nitrogens with one attached hydrogen (secondary N) is 1. The van der Waals surface area contributed by atoms with E-state index in [1.807, 2.05) is 12.1 Å². The molecule has 0 bridgehead atoms. The number of pyridine rings is 1. The number of hydrogen-bond donors (Lipinski definition) is 2. The van der Waals surface area contributed by atoms with Crippen LogP contribution in [0.4, 0.5) is 4.39 Å². The van der Waals surface area contributed by atoms with Crippen molar-refractivity contribution >= 4 is 17.6 Å².